The lowest BCUT2D eigenvalue weighted by molar-refractivity contribution is 0.0914. The van der Waals surface area contributed by atoms with Gasteiger partial charge >= 0.3 is 0 Å². The zero-order valence-corrected chi connectivity index (χ0v) is 11.9. The molecule has 18 heavy (non-hydrogen) atoms. The molecule has 2 rings (SSSR count). The summed E-state index contributed by atoms with van der Waals surface area (Å²) in [7, 11) is 0. The molecule has 5 heteroatoms. The van der Waals surface area contributed by atoms with Crippen molar-refractivity contribution in [3.8, 4) is 0 Å². The Morgan fingerprint density at radius 2 is 2.28 bits per heavy atom. The van der Waals surface area contributed by atoms with Crippen molar-refractivity contribution in [3.05, 3.63) is 34.9 Å². The molecule has 2 N–H and O–H groups in total. The molecule has 0 bridgehead atoms. The number of carbonyl (C=O) groups excluding carboxylic acids is 1. The summed E-state index contributed by atoms with van der Waals surface area (Å²) in [4.78, 5) is 12.0. The minimum absolute atomic E-state index is 0. The molecular weight excluding hydrogens is 271 g/mol. The fourth-order valence-corrected chi connectivity index (χ4v) is 2.30. The van der Waals surface area contributed by atoms with Crippen LogP contribution in [0.5, 0.6) is 0 Å². The number of halogens is 2. The Kier molecular flexibility index (Phi) is 5.93. The van der Waals surface area contributed by atoms with Gasteiger partial charge in [0.2, 0.25) is 0 Å². The predicted octanol–water partition coefficient (Wildman–Crippen LogP) is 2.49. The summed E-state index contributed by atoms with van der Waals surface area (Å²) in [5.74, 6) is 0.429. The van der Waals surface area contributed by atoms with Gasteiger partial charge in [0.1, 0.15) is 0 Å². The van der Waals surface area contributed by atoms with Crippen molar-refractivity contribution in [1.82, 2.24) is 10.6 Å². The molecule has 1 aliphatic heterocycles. The topological polar surface area (TPSA) is 41.1 Å². The van der Waals surface area contributed by atoms with Crippen LogP contribution in [0.2, 0.25) is 5.02 Å². The van der Waals surface area contributed by atoms with Crippen molar-refractivity contribution >= 4 is 29.9 Å². The van der Waals surface area contributed by atoms with E-state index in [4.69, 9.17) is 11.6 Å². The van der Waals surface area contributed by atoms with Crippen LogP contribution in [0.1, 0.15) is 23.7 Å². The van der Waals surface area contributed by atoms with Crippen molar-refractivity contribution in [2.24, 2.45) is 5.92 Å². The molecule has 1 aromatic carbocycles. The number of piperidine rings is 1. The van der Waals surface area contributed by atoms with E-state index in [-0.39, 0.29) is 24.4 Å². The van der Waals surface area contributed by atoms with Gasteiger partial charge in [-0.2, -0.15) is 0 Å². The number of nitrogens with one attached hydrogen (secondary N) is 2. The Hall–Kier alpha value is -0.770. The van der Waals surface area contributed by atoms with E-state index in [1.165, 1.54) is 0 Å². The van der Waals surface area contributed by atoms with Gasteiger partial charge in [0, 0.05) is 16.6 Å². The number of carbonyl (C=O) groups is 1. The second-order valence-electron chi connectivity index (χ2n) is 4.56. The van der Waals surface area contributed by atoms with Crippen LogP contribution in [0.25, 0.3) is 0 Å². The largest absolute Gasteiger partial charge is 0.349 e. The van der Waals surface area contributed by atoms with Gasteiger partial charge in [-0.25, -0.2) is 0 Å². The van der Waals surface area contributed by atoms with Gasteiger partial charge in [-0.1, -0.05) is 24.6 Å². The standard InChI is InChI=1S/C13H17ClN2O.ClH/c1-9-8-15-6-5-12(9)16-13(17)10-3-2-4-11(14)7-10;/h2-4,7,9,12,15H,5-6,8H2,1H3,(H,16,17);1H. The summed E-state index contributed by atoms with van der Waals surface area (Å²) in [6.45, 7) is 4.07. The molecule has 3 nitrogen and oxygen atoms in total. The van der Waals surface area contributed by atoms with E-state index < -0.39 is 0 Å². The Morgan fingerprint density at radius 3 is 2.94 bits per heavy atom. The molecule has 2 atom stereocenters. The molecule has 0 aromatic heterocycles. The van der Waals surface area contributed by atoms with E-state index in [2.05, 4.69) is 17.6 Å². The van der Waals surface area contributed by atoms with E-state index >= 15 is 0 Å². The van der Waals surface area contributed by atoms with E-state index in [0.29, 0.717) is 16.5 Å². The molecule has 0 aliphatic carbocycles. The van der Waals surface area contributed by atoms with Crippen molar-refractivity contribution in [1.29, 1.82) is 0 Å². The van der Waals surface area contributed by atoms with E-state index in [1.807, 2.05) is 0 Å². The molecule has 1 heterocycles. The molecule has 0 spiro atoms. The lowest BCUT2D eigenvalue weighted by Crippen LogP contribution is -2.48. The maximum Gasteiger partial charge on any atom is 0.251 e. The van der Waals surface area contributed by atoms with Crippen LogP contribution in [-0.2, 0) is 0 Å². The van der Waals surface area contributed by atoms with Gasteiger partial charge in [-0.05, 0) is 43.6 Å². The maximum absolute atomic E-state index is 12.0. The molecule has 2 unspecified atom stereocenters. The zero-order valence-electron chi connectivity index (χ0n) is 10.3. The molecule has 0 saturated carbocycles. The second-order valence-corrected chi connectivity index (χ2v) is 5.00. The minimum atomic E-state index is -0.0359. The average Bonchev–Trinajstić information content (AvgIpc) is 2.32. The monoisotopic (exact) mass is 288 g/mol. The van der Waals surface area contributed by atoms with Gasteiger partial charge in [0.05, 0.1) is 0 Å². The maximum atomic E-state index is 12.0. The first-order chi connectivity index (χ1) is 8.16. The van der Waals surface area contributed by atoms with Crippen LogP contribution in [-0.4, -0.2) is 25.0 Å². The van der Waals surface area contributed by atoms with Crippen LogP contribution in [0.15, 0.2) is 24.3 Å². The summed E-state index contributed by atoms with van der Waals surface area (Å²) in [5, 5.41) is 6.98. The van der Waals surface area contributed by atoms with Crippen molar-refractivity contribution in [3.63, 3.8) is 0 Å². The van der Waals surface area contributed by atoms with Crippen LogP contribution < -0.4 is 10.6 Å². The fourth-order valence-electron chi connectivity index (χ4n) is 2.11. The van der Waals surface area contributed by atoms with Crippen LogP contribution in [0.3, 0.4) is 0 Å². The Balaban J connectivity index is 0.00000162. The molecule has 100 valence electrons. The van der Waals surface area contributed by atoms with E-state index in [0.717, 1.165) is 19.5 Å². The van der Waals surface area contributed by atoms with Gasteiger partial charge in [-0.15, -0.1) is 12.4 Å². The van der Waals surface area contributed by atoms with Crippen LogP contribution >= 0.6 is 24.0 Å². The summed E-state index contributed by atoms with van der Waals surface area (Å²) in [5.41, 5.74) is 0.628. The third-order valence-electron chi connectivity index (χ3n) is 3.19. The molecular formula is C13H18Cl2N2O. The van der Waals surface area contributed by atoms with Crippen molar-refractivity contribution in [2.75, 3.05) is 13.1 Å². The third-order valence-corrected chi connectivity index (χ3v) is 3.42. The Bertz CT molecular complexity index is 412. The Labute approximate surface area is 119 Å². The van der Waals surface area contributed by atoms with Gasteiger partial charge in [0.25, 0.3) is 5.91 Å². The van der Waals surface area contributed by atoms with E-state index in [1.54, 1.807) is 24.3 Å². The number of hydrogen-bond donors (Lipinski definition) is 2. The first kappa shape index (κ1) is 15.3. The normalized spacial score (nSPS) is 23.0. The highest BCUT2D eigenvalue weighted by Gasteiger charge is 2.22. The highest BCUT2D eigenvalue weighted by Crippen LogP contribution is 2.14. The number of amides is 1. The molecule has 1 amide bonds. The molecule has 1 aromatic rings. The zero-order chi connectivity index (χ0) is 12.3. The predicted molar refractivity (Wildman–Crippen MR) is 76.6 cm³/mol. The lowest BCUT2D eigenvalue weighted by atomic mass is 9.95. The van der Waals surface area contributed by atoms with Gasteiger partial charge < -0.3 is 10.6 Å². The summed E-state index contributed by atoms with van der Waals surface area (Å²) in [6, 6.07) is 7.30. The number of rotatable bonds is 2. The molecule has 1 saturated heterocycles. The minimum Gasteiger partial charge on any atom is -0.349 e. The second kappa shape index (κ2) is 6.98. The Morgan fingerprint density at radius 1 is 1.50 bits per heavy atom. The fraction of sp³-hybridized carbons (Fsp3) is 0.462. The van der Waals surface area contributed by atoms with Gasteiger partial charge in [-0.3, -0.25) is 4.79 Å². The molecule has 1 fully saturated rings. The van der Waals surface area contributed by atoms with Gasteiger partial charge in [0.15, 0.2) is 0 Å². The van der Waals surface area contributed by atoms with Crippen molar-refractivity contribution < 1.29 is 4.79 Å². The van der Waals surface area contributed by atoms with Crippen molar-refractivity contribution in [2.45, 2.75) is 19.4 Å². The van der Waals surface area contributed by atoms with Crippen LogP contribution in [0.4, 0.5) is 0 Å². The first-order valence-electron chi connectivity index (χ1n) is 5.94. The number of benzene rings is 1. The third kappa shape index (κ3) is 3.87. The SMILES string of the molecule is CC1CNCCC1NC(=O)c1cccc(Cl)c1.Cl. The summed E-state index contributed by atoms with van der Waals surface area (Å²) < 4.78 is 0. The average molecular weight is 289 g/mol. The lowest BCUT2D eigenvalue weighted by Gasteiger charge is -2.30. The molecule has 1 aliphatic rings. The quantitative estimate of drug-likeness (QED) is 0.878. The highest BCUT2D eigenvalue weighted by atomic mass is 35.5. The molecule has 0 radical (unpaired) electrons. The smallest absolute Gasteiger partial charge is 0.251 e. The van der Waals surface area contributed by atoms with E-state index in [9.17, 15) is 4.79 Å². The van der Waals surface area contributed by atoms with Crippen LogP contribution in [0, 0.1) is 5.92 Å². The summed E-state index contributed by atoms with van der Waals surface area (Å²) in [6.07, 6.45) is 0.980. The number of hydrogen-bond acceptors (Lipinski definition) is 2. The highest BCUT2D eigenvalue weighted by molar-refractivity contribution is 6.30. The summed E-state index contributed by atoms with van der Waals surface area (Å²) >= 11 is 5.87. The first-order valence-corrected chi connectivity index (χ1v) is 6.32.